The number of carbonyl (C=O) groups is 1. The van der Waals surface area contributed by atoms with Crippen LogP contribution in [0, 0.1) is 10.1 Å². The molecule has 0 atom stereocenters. The van der Waals surface area contributed by atoms with Crippen LogP contribution in [0.2, 0.25) is 10.0 Å². The number of nitro groups is 1. The van der Waals surface area contributed by atoms with E-state index in [1.165, 1.54) is 12.1 Å². The average molecular weight is 428 g/mol. The zero-order valence-electron chi connectivity index (χ0n) is 14.6. The molecule has 4 aromatic rings. The van der Waals surface area contributed by atoms with Crippen molar-refractivity contribution in [2.45, 2.75) is 0 Å². The van der Waals surface area contributed by atoms with Gasteiger partial charge >= 0.3 is 0 Å². The monoisotopic (exact) mass is 427 g/mol. The van der Waals surface area contributed by atoms with E-state index in [4.69, 9.17) is 27.6 Å². The van der Waals surface area contributed by atoms with E-state index in [0.717, 1.165) is 6.07 Å². The Kier molecular flexibility index (Phi) is 4.92. The molecule has 0 aliphatic rings. The highest BCUT2D eigenvalue weighted by Gasteiger charge is 2.18. The maximum atomic E-state index is 12.6. The van der Waals surface area contributed by atoms with Gasteiger partial charge in [-0.25, -0.2) is 4.98 Å². The molecule has 3 aromatic carbocycles. The zero-order valence-corrected chi connectivity index (χ0v) is 16.1. The fourth-order valence-corrected chi connectivity index (χ4v) is 3.11. The summed E-state index contributed by atoms with van der Waals surface area (Å²) in [4.78, 5) is 27.4. The van der Waals surface area contributed by atoms with Crippen LogP contribution in [0.1, 0.15) is 10.4 Å². The molecular weight excluding hydrogens is 417 g/mol. The van der Waals surface area contributed by atoms with Gasteiger partial charge in [0.15, 0.2) is 5.58 Å². The summed E-state index contributed by atoms with van der Waals surface area (Å²) in [6.07, 6.45) is 0. The van der Waals surface area contributed by atoms with Crippen molar-refractivity contribution in [3.05, 3.63) is 86.4 Å². The zero-order chi connectivity index (χ0) is 20.5. The van der Waals surface area contributed by atoms with Gasteiger partial charge in [0, 0.05) is 17.7 Å². The van der Waals surface area contributed by atoms with Gasteiger partial charge in [0.1, 0.15) is 5.52 Å². The molecule has 0 aliphatic heterocycles. The molecule has 4 rings (SSSR count). The van der Waals surface area contributed by atoms with E-state index in [1.807, 2.05) is 18.2 Å². The molecule has 1 aromatic heterocycles. The van der Waals surface area contributed by atoms with Gasteiger partial charge in [-0.15, -0.1) is 0 Å². The molecule has 0 radical (unpaired) electrons. The Labute approximate surface area is 174 Å². The third kappa shape index (κ3) is 3.78. The lowest BCUT2D eigenvalue weighted by atomic mass is 10.1. The van der Waals surface area contributed by atoms with Gasteiger partial charge < -0.3 is 9.73 Å². The predicted molar refractivity (Wildman–Crippen MR) is 111 cm³/mol. The van der Waals surface area contributed by atoms with Crippen molar-refractivity contribution in [1.29, 1.82) is 0 Å². The third-order valence-corrected chi connectivity index (χ3v) is 4.82. The molecule has 0 spiro atoms. The summed E-state index contributed by atoms with van der Waals surface area (Å²) < 4.78 is 5.74. The topological polar surface area (TPSA) is 98.3 Å². The minimum absolute atomic E-state index is 0.0378. The Morgan fingerprint density at radius 2 is 1.79 bits per heavy atom. The number of fused-ring (bicyclic) bond motifs is 1. The summed E-state index contributed by atoms with van der Waals surface area (Å²) in [7, 11) is 0. The van der Waals surface area contributed by atoms with E-state index >= 15 is 0 Å². The maximum absolute atomic E-state index is 12.6. The van der Waals surface area contributed by atoms with Crippen LogP contribution in [0.15, 0.2) is 65.1 Å². The molecule has 0 saturated carbocycles. The molecule has 0 fully saturated rings. The van der Waals surface area contributed by atoms with Crippen LogP contribution in [0.5, 0.6) is 0 Å². The van der Waals surface area contributed by atoms with Crippen LogP contribution in [-0.2, 0) is 0 Å². The van der Waals surface area contributed by atoms with Gasteiger partial charge in [-0.2, -0.15) is 0 Å². The number of amides is 1. The first-order valence-electron chi connectivity index (χ1n) is 8.33. The number of para-hydroxylation sites is 2. The molecule has 9 heteroatoms. The van der Waals surface area contributed by atoms with E-state index in [1.54, 1.807) is 24.3 Å². The summed E-state index contributed by atoms with van der Waals surface area (Å²) in [6.45, 7) is 0. The molecule has 144 valence electrons. The number of anilines is 1. The van der Waals surface area contributed by atoms with Crippen LogP contribution < -0.4 is 5.32 Å². The number of non-ortho nitro benzene ring substituents is 1. The van der Waals surface area contributed by atoms with Gasteiger partial charge in [0.2, 0.25) is 5.89 Å². The summed E-state index contributed by atoms with van der Waals surface area (Å²) in [5, 5.41) is 14.0. The fourth-order valence-electron chi connectivity index (χ4n) is 2.74. The summed E-state index contributed by atoms with van der Waals surface area (Å²) in [6, 6.07) is 15.9. The van der Waals surface area contributed by atoms with Crippen LogP contribution in [-0.4, -0.2) is 15.8 Å². The van der Waals surface area contributed by atoms with E-state index in [9.17, 15) is 14.9 Å². The molecule has 1 N–H and O–H groups in total. The summed E-state index contributed by atoms with van der Waals surface area (Å²) in [5.41, 5.74) is 1.94. The Morgan fingerprint density at radius 1 is 1.03 bits per heavy atom. The van der Waals surface area contributed by atoms with Crippen LogP contribution >= 0.6 is 23.2 Å². The van der Waals surface area contributed by atoms with Crippen molar-refractivity contribution < 1.29 is 14.1 Å². The van der Waals surface area contributed by atoms with Crippen molar-refractivity contribution >= 4 is 51.6 Å². The van der Waals surface area contributed by atoms with Crippen molar-refractivity contribution in [2.75, 3.05) is 5.32 Å². The molecule has 0 aliphatic carbocycles. The summed E-state index contributed by atoms with van der Waals surface area (Å²) in [5.74, 6) is -0.262. The number of hydrogen-bond donors (Lipinski definition) is 1. The third-order valence-electron chi connectivity index (χ3n) is 4.16. The molecule has 7 nitrogen and oxygen atoms in total. The first kappa shape index (κ1) is 18.9. The summed E-state index contributed by atoms with van der Waals surface area (Å²) >= 11 is 12.2. The molecule has 1 amide bonds. The number of benzene rings is 3. The lowest BCUT2D eigenvalue weighted by molar-refractivity contribution is -0.384. The van der Waals surface area contributed by atoms with Crippen molar-refractivity contribution in [3.63, 3.8) is 0 Å². The van der Waals surface area contributed by atoms with Crippen LogP contribution in [0.3, 0.4) is 0 Å². The number of oxazole rings is 1. The number of nitrogens with zero attached hydrogens (tertiary/aromatic N) is 2. The molecule has 29 heavy (non-hydrogen) atoms. The molecular formula is C20H11Cl2N3O4. The molecule has 1 heterocycles. The van der Waals surface area contributed by atoms with Gasteiger partial charge in [-0.05, 0) is 36.4 Å². The quantitative estimate of drug-likeness (QED) is 0.319. The van der Waals surface area contributed by atoms with Crippen molar-refractivity contribution in [2.24, 2.45) is 0 Å². The van der Waals surface area contributed by atoms with E-state index in [2.05, 4.69) is 10.3 Å². The number of rotatable bonds is 4. The molecule has 0 unspecified atom stereocenters. The fraction of sp³-hybridized carbons (Fsp3) is 0. The number of hydrogen-bond acceptors (Lipinski definition) is 5. The van der Waals surface area contributed by atoms with Gasteiger partial charge in [-0.1, -0.05) is 35.3 Å². The number of nitro benzene ring substituents is 1. The van der Waals surface area contributed by atoms with Crippen LogP contribution in [0.25, 0.3) is 22.6 Å². The maximum Gasteiger partial charge on any atom is 0.270 e. The average Bonchev–Trinajstić information content (AvgIpc) is 3.14. The first-order chi connectivity index (χ1) is 13.9. The standard InChI is InChI=1S/C20H11Cl2N3O4/c21-14-8-6-12(25(27)28)10-13(14)19(26)23-17-9-11(5-7-15(17)22)20-24-16-3-1-2-4-18(16)29-20/h1-10H,(H,23,26). The first-order valence-corrected chi connectivity index (χ1v) is 9.09. The van der Waals surface area contributed by atoms with E-state index in [-0.39, 0.29) is 21.3 Å². The van der Waals surface area contributed by atoms with E-state index in [0.29, 0.717) is 28.2 Å². The highest BCUT2D eigenvalue weighted by atomic mass is 35.5. The number of aromatic nitrogens is 1. The Bertz CT molecular complexity index is 1240. The van der Waals surface area contributed by atoms with Gasteiger partial charge in [-0.3, -0.25) is 14.9 Å². The second-order valence-electron chi connectivity index (χ2n) is 6.06. The number of nitrogens with one attached hydrogen (secondary N) is 1. The van der Waals surface area contributed by atoms with Crippen LogP contribution in [0.4, 0.5) is 11.4 Å². The van der Waals surface area contributed by atoms with Gasteiger partial charge in [0.25, 0.3) is 11.6 Å². The van der Waals surface area contributed by atoms with Crippen molar-refractivity contribution in [3.8, 4) is 11.5 Å². The Hall–Kier alpha value is -3.42. The minimum Gasteiger partial charge on any atom is -0.436 e. The predicted octanol–water partition coefficient (Wildman–Crippen LogP) is 5.96. The SMILES string of the molecule is O=C(Nc1cc(-c2nc3ccccc3o2)ccc1Cl)c1cc([N+](=O)[O-])ccc1Cl. The highest BCUT2D eigenvalue weighted by Crippen LogP contribution is 2.31. The van der Waals surface area contributed by atoms with Gasteiger partial charge in [0.05, 0.1) is 26.2 Å². The Balaban J connectivity index is 1.67. The number of halogens is 2. The largest absolute Gasteiger partial charge is 0.436 e. The second kappa shape index (κ2) is 7.54. The molecule has 0 saturated heterocycles. The van der Waals surface area contributed by atoms with Crippen molar-refractivity contribution in [1.82, 2.24) is 4.98 Å². The Morgan fingerprint density at radius 3 is 2.55 bits per heavy atom. The highest BCUT2D eigenvalue weighted by molar-refractivity contribution is 6.36. The normalized spacial score (nSPS) is 10.8. The second-order valence-corrected chi connectivity index (χ2v) is 6.87. The minimum atomic E-state index is -0.629. The lowest BCUT2D eigenvalue weighted by Gasteiger charge is -2.09. The number of carbonyl (C=O) groups excluding carboxylic acids is 1. The van der Waals surface area contributed by atoms with E-state index < -0.39 is 10.8 Å². The lowest BCUT2D eigenvalue weighted by Crippen LogP contribution is -2.13. The molecule has 0 bridgehead atoms. The smallest absolute Gasteiger partial charge is 0.270 e.